The Kier molecular flexibility index (Phi) is 9.10. The Morgan fingerprint density at radius 1 is 0.978 bits per heavy atom. The fourth-order valence-electron chi connectivity index (χ4n) is 5.53. The SMILES string of the molecule is COC1C(SC2COCC(n3cc(-c4cccc(N)c4)nn3)C2O)OC(CO)C(O)C1n1cc(-c2cc(F)c(F)c(F)c2)nn1. The van der Waals surface area contributed by atoms with Crippen LogP contribution in [0.4, 0.5) is 18.9 Å². The number of nitrogens with zero attached hydrogens (tertiary/aromatic N) is 6. The predicted octanol–water partition coefficient (Wildman–Crippen LogP) is 1.57. The summed E-state index contributed by atoms with van der Waals surface area (Å²) < 4.78 is 61.6. The van der Waals surface area contributed by atoms with Gasteiger partial charge < -0.3 is 35.3 Å². The number of hydrogen-bond donors (Lipinski definition) is 4. The molecule has 2 fully saturated rings. The average Bonchev–Trinajstić information content (AvgIpc) is 3.72. The van der Waals surface area contributed by atoms with Crippen LogP contribution in [-0.4, -0.2) is 107 Å². The molecule has 13 nitrogen and oxygen atoms in total. The topological polar surface area (TPSA) is 176 Å². The number of halogens is 3. The number of thioether (sulfide) groups is 1. The molecule has 2 aliphatic heterocycles. The van der Waals surface area contributed by atoms with E-state index in [1.807, 2.05) is 6.07 Å². The van der Waals surface area contributed by atoms with Gasteiger partial charge in [-0.25, -0.2) is 22.5 Å². The van der Waals surface area contributed by atoms with Crippen molar-refractivity contribution in [2.45, 2.75) is 47.2 Å². The Morgan fingerprint density at radius 3 is 2.36 bits per heavy atom. The van der Waals surface area contributed by atoms with Crippen molar-refractivity contribution < 1.29 is 42.7 Å². The summed E-state index contributed by atoms with van der Waals surface area (Å²) in [7, 11) is 1.40. The van der Waals surface area contributed by atoms with Crippen molar-refractivity contribution in [3.63, 3.8) is 0 Å². The molecular formula is C28H30F3N7O6S. The molecule has 6 rings (SSSR count). The number of anilines is 1. The second kappa shape index (κ2) is 13.0. The normalized spacial score (nSPS) is 28.8. The summed E-state index contributed by atoms with van der Waals surface area (Å²) in [5.74, 6) is -4.40. The van der Waals surface area contributed by atoms with Crippen molar-refractivity contribution in [2.75, 3.05) is 32.7 Å². The van der Waals surface area contributed by atoms with Gasteiger partial charge in [-0.1, -0.05) is 22.6 Å². The summed E-state index contributed by atoms with van der Waals surface area (Å²) in [5.41, 5.74) is 6.89. The number of aliphatic hydroxyl groups is 3. The quantitative estimate of drug-likeness (QED) is 0.160. The zero-order chi connectivity index (χ0) is 31.8. The zero-order valence-corrected chi connectivity index (χ0v) is 24.5. The molecule has 2 aromatic carbocycles. The lowest BCUT2D eigenvalue weighted by molar-refractivity contribution is -0.186. The number of rotatable bonds is 8. The van der Waals surface area contributed by atoms with Gasteiger partial charge in [0.15, 0.2) is 17.5 Å². The van der Waals surface area contributed by atoms with Crippen molar-refractivity contribution in [3.05, 3.63) is 66.2 Å². The molecule has 45 heavy (non-hydrogen) atoms. The van der Waals surface area contributed by atoms with Crippen LogP contribution in [-0.2, 0) is 14.2 Å². The first-order valence-corrected chi connectivity index (χ1v) is 14.9. The molecule has 0 aliphatic carbocycles. The van der Waals surface area contributed by atoms with Crippen molar-refractivity contribution in [3.8, 4) is 22.5 Å². The fraction of sp³-hybridized carbons (Fsp3) is 0.429. The van der Waals surface area contributed by atoms with Crippen LogP contribution >= 0.6 is 11.8 Å². The molecule has 4 heterocycles. The molecule has 2 aliphatic rings. The maximum absolute atomic E-state index is 13.9. The Hall–Kier alpha value is -3.58. The van der Waals surface area contributed by atoms with Crippen molar-refractivity contribution in [1.29, 1.82) is 0 Å². The van der Waals surface area contributed by atoms with Gasteiger partial charge in [0.2, 0.25) is 0 Å². The summed E-state index contributed by atoms with van der Waals surface area (Å²) >= 11 is 1.19. The number of benzene rings is 2. The van der Waals surface area contributed by atoms with Gasteiger partial charge in [-0.05, 0) is 24.3 Å². The minimum absolute atomic E-state index is 0.00966. The predicted molar refractivity (Wildman–Crippen MR) is 154 cm³/mol. The van der Waals surface area contributed by atoms with Gasteiger partial charge in [0.05, 0.1) is 43.6 Å². The third-order valence-corrected chi connectivity index (χ3v) is 9.29. The van der Waals surface area contributed by atoms with E-state index in [9.17, 15) is 28.5 Å². The third kappa shape index (κ3) is 6.16. The minimum atomic E-state index is -1.61. The number of methoxy groups -OCH3 is 1. The molecular weight excluding hydrogens is 619 g/mol. The Morgan fingerprint density at radius 2 is 1.67 bits per heavy atom. The van der Waals surface area contributed by atoms with Gasteiger partial charge >= 0.3 is 0 Å². The van der Waals surface area contributed by atoms with Gasteiger partial charge in [-0.3, -0.25) is 0 Å². The lowest BCUT2D eigenvalue weighted by Crippen LogP contribution is -2.56. The van der Waals surface area contributed by atoms with Crippen molar-refractivity contribution in [2.24, 2.45) is 0 Å². The summed E-state index contributed by atoms with van der Waals surface area (Å²) in [4.78, 5) is 0. The molecule has 8 atom stereocenters. The lowest BCUT2D eigenvalue weighted by atomic mass is 9.97. The Labute approximate surface area is 258 Å². The standard InChI is InChI=1S/C28H30F3N7O6S/c1-42-27-24(38-9-19(34-36-38)14-6-16(29)23(31)17(30)7-14)26(41)21(10-39)44-28(27)45-22-12-43-11-20(25(22)40)37-8-18(33-35-37)13-3-2-4-15(32)5-13/h2-9,20-22,24-28,39-41H,10-12,32H2,1H3. The molecule has 8 unspecified atom stereocenters. The highest BCUT2D eigenvalue weighted by atomic mass is 32.2. The first-order chi connectivity index (χ1) is 21.7. The molecule has 5 N–H and O–H groups in total. The van der Waals surface area contributed by atoms with Crippen LogP contribution < -0.4 is 5.73 Å². The largest absolute Gasteiger partial charge is 0.399 e. The summed E-state index contributed by atoms with van der Waals surface area (Å²) in [6, 6.07) is 7.17. The van der Waals surface area contributed by atoms with Crippen molar-refractivity contribution >= 4 is 17.4 Å². The van der Waals surface area contributed by atoms with E-state index < -0.39 is 71.2 Å². The molecule has 2 saturated heterocycles. The monoisotopic (exact) mass is 649 g/mol. The van der Waals surface area contributed by atoms with E-state index in [4.69, 9.17) is 19.9 Å². The molecule has 0 amide bonds. The number of aliphatic hydroxyl groups excluding tert-OH is 3. The van der Waals surface area contributed by atoms with E-state index in [1.165, 1.54) is 34.4 Å². The second-order valence-electron chi connectivity index (χ2n) is 10.7. The van der Waals surface area contributed by atoms with Gasteiger partial charge in [-0.2, -0.15) is 0 Å². The van der Waals surface area contributed by atoms with Crippen LogP contribution in [0, 0.1) is 17.5 Å². The average molecular weight is 650 g/mol. The Balaban J connectivity index is 1.22. The van der Waals surface area contributed by atoms with Crippen LogP contribution in [0.3, 0.4) is 0 Å². The number of nitrogens with two attached hydrogens (primary N) is 1. The Bertz CT molecular complexity index is 1620. The second-order valence-corrected chi connectivity index (χ2v) is 12.1. The minimum Gasteiger partial charge on any atom is -0.399 e. The maximum Gasteiger partial charge on any atom is 0.194 e. The summed E-state index contributed by atoms with van der Waals surface area (Å²) in [6.07, 6.45) is -1.28. The van der Waals surface area contributed by atoms with Crippen LogP contribution in [0.25, 0.3) is 22.5 Å². The molecule has 0 spiro atoms. The first-order valence-electron chi connectivity index (χ1n) is 13.9. The highest BCUT2D eigenvalue weighted by molar-refractivity contribution is 8.00. The van der Waals surface area contributed by atoms with Crippen LogP contribution in [0.5, 0.6) is 0 Å². The maximum atomic E-state index is 13.9. The molecule has 0 radical (unpaired) electrons. The molecule has 2 aromatic heterocycles. The number of nitrogen functional groups attached to an aromatic ring is 1. The van der Waals surface area contributed by atoms with Gasteiger partial charge in [-0.15, -0.1) is 22.0 Å². The smallest absolute Gasteiger partial charge is 0.194 e. The fourth-order valence-corrected chi connectivity index (χ4v) is 7.02. The molecule has 0 saturated carbocycles. The van der Waals surface area contributed by atoms with E-state index in [2.05, 4.69) is 20.6 Å². The molecule has 17 heteroatoms. The number of ether oxygens (including phenoxy) is 3. The summed E-state index contributed by atoms with van der Waals surface area (Å²) in [5, 5.41) is 48.5. The lowest BCUT2D eigenvalue weighted by Gasteiger charge is -2.45. The van der Waals surface area contributed by atoms with Gasteiger partial charge in [0.25, 0.3) is 0 Å². The van der Waals surface area contributed by atoms with Crippen LogP contribution in [0.15, 0.2) is 48.8 Å². The van der Waals surface area contributed by atoms with Crippen LogP contribution in [0.1, 0.15) is 12.1 Å². The highest BCUT2D eigenvalue weighted by Crippen LogP contribution is 2.41. The van der Waals surface area contributed by atoms with E-state index in [1.54, 1.807) is 24.4 Å². The van der Waals surface area contributed by atoms with Crippen LogP contribution in [0.2, 0.25) is 0 Å². The zero-order valence-electron chi connectivity index (χ0n) is 23.7. The first kappa shape index (κ1) is 31.4. The van der Waals surface area contributed by atoms with Gasteiger partial charge in [0.1, 0.15) is 47.2 Å². The van der Waals surface area contributed by atoms with Crippen molar-refractivity contribution in [1.82, 2.24) is 30.0 Å². The number of hydrogen-bond acceptors (Lipinski definition) is 12. The summed E-state index contributed by atoms with van der Waals surface area (Å²) in [6.45, 7) is -0.231. The molecule has 4 aromatic rings. The molecule has 0 bridgehead atoms. The van der Waals surface area contributed by atoms with Gasteiger partial charge in [0, 0.05) is 23.9 Å². The molecule has 240 valence electrons. The highest BCUT2D eigenvalue weighted by Gasteiger charge is 2.49. The van der Waals surface area contributed by atoms with E-state index in [-0.39, 0.29) is 24.5 Å². The number of aromatic nitrogens is 6. The van der Waals surface area contributed by atoms with E-state index in [0.29, 0.717) is 11.4 Å². The van der Waals surface area contributed by atoms with E-state index in [0.717, 1.165) is 17.7 Å². The third-order valence-electron chi connectivity index (χ3n) is 7.88. The van der Waals surface area contributed by atoms with E-state index >= 15 is 0 Å².